The molecule has 0 aliphatic rings. The van der Waals surface area contributed by atoms with Crippen molar-refractivity contribution in [1.82, 2.24) is 10.3 Å². The summed E-state index contributed by atoms with van der Waals surface area (Å²) in [5.74, 6) is -1.21. The Morgan fingerprint density at radius 3 is 2.81 bits per heavy atom. The number of nitro groups is 1. The van der Waals surface area contributed by atoms with Crippen molar-refractivity contribution in [2.24, 2.45) is 0 Å². The van der Waals surface area contributed by atoms with Crippen LogP contribution in [0.5, 0.6) is 0 Å². The maximum absolute atomic E-state index is 12.0. The van der Waals surface area contributed by atoms with Crippen molar-refractivity contribution in [3.63, 3.8) is 0 Å². The lowest BCUT2D eigenvalue weighted by molar-refractivity contribution is -0.387. The third-order valence-corrected chi connectivity index (χ3v) is 5.21. The maximum Gasteiger partial charge on any atom is 0.338 e. The second kappa shape index (κ2) is 9.30. The molecule has 1 heterocycles. The minimum Gasteiger partial charge on any atom is -0.452 e. The summed E-state index contributed by atoms with van der Waals surface area (Å²) in [4.78, 5) is 38.9. The first-order valence-electron chi connectivity index (χ1n) is 7.73. The van der Waals surface area contributed by atoms with Gasteiger partial charge in [0.05, 0.1) is 15.4 Å². The molecule has 0 fully saturated rings. The van der Waals surface area contributed by atoms with Gasteiger partial charge in [0.15, 0.2) is 10.9 Å². The smallest absolute Gasteiger partial charge is 0.338 e. The van der Waals surface area contributed by atoms with Crippen molar-refractivity contribution in [3.05, 3.63) is 45.0 Å². The SMILES string of the molecule is CCCNC(=O)COC(=O)c1ccc(Sc2nc(C)cs2)c([N+](=O)[O-])c1. The zero-order valence-corrected chi connectivity index (χ0v) is 15.8. The molecule has 0 atom stereocenters. The second-order valence-electron chi connectivity index (χ2n) is 5.22. The molecule has 0 unspecified atom stereocenters. The highest BCUT2D eigenvalue weighted by molar-refractivity contribution is 8.01. The number of benzene rings is 1. The minimum absolute atomic E-state index is 0.0136. The molecule has 2 aromatic rings. The Morgan fingerprint density at radius 1 is 1.42 bits per heavy atom. The van der Waals surface area contributed by atoms with Crippen LogP contribution in [0, 0.1) is 17.0 Å². The molecule has 10 heteroatoms. The molecule has 26 heavy (non-hydrogen) atoms. The summed E-state index contributed by atoms with van der Waals surface area (Å²) in [7, 11) is 0. The number of amides is 1. The third kappa shape index (κ3) is 5.53. The van der Waals surface area contributed by atoms with Crippen LogP contribution in [-0.2, 0) is 9.53 Å². The van der Waals surface area contributed by atoms with Crippen LogP contribution in [0.4, 0.5) is 5.69 Å². The summed E-state index contributed by atoms with van der Waals surface area (Å²) < 4.78 is 5.57. The highest BCUT2D eigenvalue weighted by atomic mass is 32.2. The molecular formula is C16H17N3O5S2. The topological polar surface area (TPSA) is 111 Å². The quantitative estimate of drug-likeness (QED) is 0.415. The Balaban J connectivity index is 2.10. The van der Waals surface area contributed by atoms with E-state index in [0.717, 1.165) is 29.9 Å². The molecular weight excluding hydrogens is 378 g/mol. The number of ether oxygens (including phenoxy) is 1. The Hall–Kier alpha value is -2.46. The molecule has 0 radical (unpaired) electrons. The van der Waals surface area contributed by atoms with E-state index in [1.807, 2.05) is 19.2 Å². The number of hydrogen-bond acceptors (Lipinski definition) is 8. The number of nitrogens with one attached hydrogen (secondary N) is 1. The van der Waals surface area contributed by atoms with Crippen molar-refractivity contribution in [2.75, 3.05) is 13.2 Å². The summed E-state index contributed by atoms with van der Waals surface area (Å²) in [6, 6.07) is 4.06. The normalized spacial score (nSPS) is 10.4. The van der Waals surface area contributed by atoms with Gasteiger partial charge in [0.2, 0.25) is 0 Å². The molecule has 0 bridgehead atoms. The number of thiazole rings is 1. The predicted octanol–water partition coefficient (Wildman–Crippen LogP) is 3.19. The number of esters is 1. The first-order valence-corrected chi connectivity index (χ1v) is 9.42. The van der Waals surface area contributed by atoms with Crippen LogP contribution < -0.4 is 5.32 Å². The highest BCUT2D eigenvalue weighted by Gasteiger charge is 2.20. The van der Waals surface area contributed by atoms with Gasteiger partial charge >= 0.3 is 5.97 Å². The molecule has 0 aliphatic carbocycles. The highest BCUT2D eigenvalue weighted by Crippen LogP contribution is 2.36. The van der Waals surface area contributed by atoms with Crippen LogP contribution in [0.15, 0.2) is 32.8 Å². The Bertz CT molecular complexity index is 822. The zero-order valence-electron chi connectivity index (χ0n) is 14.2. The van der Waals surface area contributed by atoms with Crippen LogP contribution in [0.3, 0.4) is 0 Å². The van der Waals surface area contributed by atoms with Gasteiger partial charge in [0.25, 0.3) is 11.6 Å². The first kappa shape index (κ1) is 19.9. The van der Waals surface area contributed by atoms with Gasteiger partial charge < -0.3 is 10.1 Å². The van der Waals surface area contributed by atoms with E-state index in [0.29, 0.717) is 15.8 Å². The van der Waals surface area contributed by atoms with E-state index in [-0.39, 0.29) is 11.3 Å². The van der Waals surface area contributed by atoms with Gasteiger partial charge in [-0.15, -0.1) is 11.3 Å². The van der Waals surface area contributed by atoms with Crippen molar-refractivity contribution in [1.29, 1.82) is 0 Å². The average Bonchev–Trinajstić information content (AvgIpc) is 3.02. The average molecular weight is 395 g/mol. The lowest BCUT2D eigenvalue weighted by atomic mass is 10.2. The van der Waals surface area contributed by atoms with E-state index in [2.05, 4.69) is 10.3 Å². The molecule has 2 rings (SSSR count). The number of carbonyl (C=O) groups excluding carboxylic acids is 2. The fraction of sp³-hybridized carbons (Fsp3) is 0.312. The first-order chi connectivity index (χ1) is 12.4. The van der Waals surface area contributed by atoms with Crippen LogP contribution in [0.2, 0.25) is 0 Å². The van der Waals surface area contributed by atoms with Crippen LogP contribution in [0.25, 0.3) is 0 Å². The Labute approximate surface area is 158 Å². The molecule has 1 amide bonds. The molecule has 0 saturated heterocycles. The molecule has 1 aromatic carbocycles. The molecule has 138 valence electrons. The second-order valence-corrected chi connectivity index (χ2v) is 7.37. The third-order valence-electron chi connectivity index (χ3n) is 3.09. The van der Waals surface area contributed by atoms with E-state index in [9.17, 15) is 19.7 Å². The number of hydrogen-bond donors (Lipinski definition) is 1. The summed E-state index contributed by atoms with van der Waals surface area (Å²) in [5.41, 5.74) is 0.633. The number of nitrogens with zero attached hydrogens (tertiary/aromatic N) is 2. The predicted molar refractivity (Wildman–Crippen MR) is 97.7 cm³/mol. The van der Waals surface area contributed by atoms with Crippen LogP contribution in [0.1, 0.15) is 29.4 Å². The van der Waals surface area contributed by atoms with Gasteiger partial charge in [-0.2, -0.15) is 0 Å². The molecule has 0 spiro atoms. The fourth-order valence-electron chi connectivity index (χ4n) is 1.88. The molecule has 1 N–H and O–H groups in total. The van der Waals surface area contributed by atoms with Gasteiger partial charge in [0, 0.05) is 23.7 Å². The lowest BCUT2D eigenvalue weighted by Crippen LogP contribution is -2.29. The number of aromatic nitrogens is 1. The standard InChI is InChI=1S/C16H17N3O5S2/c1-3-6-17-14(20)8-24-15(21)11-4-5-13(12(7-11)19(22)23)26-16-18-10(2)9-25-16/h4-5,7,9H,3,6,8H2,1-2H3,(H,17,20). The monoisotopic (exact) mass is 395 g/mol. The summed E-state index contributed by atoms with van der Waals surface area (Å²) in [5, 5.41) is 15.8. The number of nitro benzene ring substituents is 1. The molecule has 0 aliphatic heterocycles. The van der Waals surface area contributed by atoms with E-state index < -0.39 is 23.4 Å². The Morgan fingerprint density at radius 2 is 2.19 bits per heavy atom. The van der Waals surface area contributed by atoms with Crippen molar-refractivity contribution >= 4 is 40.7 Å². The van der Waals surface area contributed by atoms with Crippen molar-refractivity contribution < 1.29 is 19.2 Å². The van der Waals surface area contributed by atoms with E-state index in [1.54, 1.807) is 0 Å². The van der Waals surface area contributed by atoms with Crippen LogP contribution >= 0.6 is 23.1 Å². The van der Waals surface area contributed by atoms with E-state index in [4.69, 9.17) is 4.74 Å². The van der Waals surface area contributed by atoms with Gasteiger partial charge in [-0.1, -0.05) is 18.7 Å². The molecule has 8 nitrogen and oxygen atoms in total. The summed E-state index contributed by atoms with van der Waals surface area (Å²) in [6.07, 6.45) is 0.767. The fourth-order valence-corrected chi connectivity index (χ4v) is 3.76. The van der Waals surface area contributed by atoms with Crippen molar-refractivity contribution in [2.45, 2.75) is 29.5 Å². The zero-order chi connectivity index (χ0) is 19.1. The lowest BCUT2D eigenvalue weighted by Gasteiger charge is -2.07. The van der Waals surface area contributed by atoms with Crippen molar-refractivity contribution in [3.8, 4) is 0 Å². The largest absolute Gasteiger partial charge is 0.452 e. The number of rotatable bonds is 8. The summed E-state index contributed by atoms with van der Waals surface area (Å²) in [6.45, 7) is 3.80. The van der Waals surface area contributed by atoms with E-state index >= 15 is 0 Å². The Kier molecular flexibility index (Phi) is 7.10. The van der Waals surface area contributed by atoms with Gasteiger partial charge in [0.1, 0.15) is 0 Å². The minimum atomic E-state index is -0.790. The maximum atomic E-state index is 12.0. The number of carbonyl (C=O) groups is 2. The molecule has 0 saturated carbocycles. The van der Waals surface area contributed by atoms with Gasteiger partial charge in [-0.25, -0.2) is 9.78 Å². The van der Waals surface area contributed by atoms with Gasteiger partial charge in [-0.05, 0) is 25.5 Å². The summed E-state index contributed by atoms with van der Waals surface area (Å²) >= 11 is 2.55. The van der Waals surface area contributed by atoms with Crippen LogP contribution in [-0.4, -0.2) is 34.9 Å². The van der Waals surface area contributed by atoms with E-state index in [1.165, 1.54) is 23.5 Å². The molecule has 1 aromatic heterocycles. The van der Waals surface area contributed by atoms with Gasteiger partial charge in [-0.3, -0.25) is 14.9 Å². The number of aryl methyl sites for hydroxylation is 1.